The maximum atomic E-state index is 14.1. The molecule has 0 radical (unpaired) electrons. The van der Waals surface area contributed by atoms with E-state index in [1.807, 2.05) is 22.6 Å². The average molecular weight is 700 g/mol. The summed E-state index contributed by atoms with van der Waals surface area (Å²) in [6.07, 6.45) is 1.16. The number of halogens is 6. The lowest BCUT2D eigenvalue weighted by atomic mass is 10.2. The van der Waals surface area contributed by atoms with Crippen LogP contribution in [0.15, 0.2) is 28.3 Å². The van der Waals surface area contributed by atoms with E-state index in [9.17, 15) is 18.0 Å². The number of ether oxygens (including phenoxy) is 2. The van der Waals surface area contributed by atoms with Crippen molar-refractivity contribution in [3.8, 4) is 11.5 Å². The van der Waals surface area contributed by atoms with Gasteiger partial charge in [0.1, 0.15) is 15.8 Å². The van der Waals surface area contributed by atoms with E-state index in [0.717, 1.165) is 29.8 Å². The van der Waals surface area contributed by atoms with Crippen LogP contribution in [0.2, 0.25) is 5.02 Å². The summed E-state index contributed by atoms with van der Waals surface area (Å²) in [6.45, 7) is 0. The second-order valence-corrected chi connectivity index (χ2v) is 9.86. The standard InChI is InChI=1S/C21H12BrClF3IN4O3S/c1-33-17-10(22)18(34-2)14(27)16(11(17)23)31-21(32)7-5-35-19-15(7)28-6-29-20(19)30-9-4-3-8(24)12(25)13(9)26/h3-6H,1-2H3,(H,31,32)(H,28,29,30). The van der Waals surface area contributed by atoms with Gasteiger partial charge in [0.2, 0.25) is 0 Å². The van der Waals surface area contributed by atoms with Gasteiger partial charge in [0.25, 0.3) is 5.91 Å². The number of carbonyl (C=O) groups is 1. The Hall–Kier alpha value is -2.36. The molecular weight excluding hydrogens is 688 g/mol. The molecule has 0 atom stereocenters. The molecule has 0 unspecified atom stereocenters. The molecule has 35 heavy (non-hydrogen) atoms. The zero-order chi connectivity index (χ0) is 25.4. The minimum Gasteiger partial charge on any atom is -0.494 e. The molecular formula is C21H12BrClF3IN4O3S. The molecule has 2 aromatic heterocycles. The van der Waals surface area contributed by atoms with Crippen molar-refractivity contribution in [3.05, 3.63) is 59.9 Å². The molecule has 0 aliphatic heterocycles. The van der Waals surface area contributed by atoms with Crippen molar-refractivity contribution in [2.45, 2.75) is 0 Å². The molecule has 0 spiro atoms. The number of thiophene rings is 1. The van der Waals surface area contributed by atoms with Gasteiger partial charge in [0.15, 0.2) is 34.8 Å². The van der Waals surface area contributed by atoms with Gasteiger partial charge in [-0.05, 0) is 50.7 Å². The first-order chi connectivity index (χ1) is 16.7. The molecule has 4 rings (SSSR count). The van der Waals surface area contributed by atoms with E-state index < -0.39 is 23.4 Å². The van der Waals surface area contributed by atoms with Crippen LogP contribution in [0.1, 0.15) is 10.4 Å². The number of carbonyl (C=O) groups excluding carboxylic acids is 1. The fourth-order valence-corrected chi connectivity index (χ4v) is 6.64. The number of fused-ring (bicyclic) bond motifs is 1. The zero-order valence-corrected chi connectivity index (χ0v) is 22.9. The summed E-state index contributed by atoms with van der Waals surface area (Å²) in [5, 5.41) is 7.08. The maximum Gasteiger partial charge on any atom is 0.258 e. The first kappa shape index (κ1) is 25.7. The van der Waals surface area contributed by atoms with Crippen LogP contribution in [-0.2, 0) is 0 Å². The van der Waals surface area contributed by atoms with Gasteiger partial charge in [-0.15, -0.1) is 11.3 Å². The highest BCUT2D eigenvalue weighted by Crippen LogP contribution is 2.48. The fraction of sp³-hybridized carbons (Fsp3) is 0.0952. The van der Waals surface area contributed by atoms with E-state index in [1.54, 1.807) is 0 Å². The van der Waals surface area contributed by atoms with Gasteiger partial charge < -0.3 is 20.1 Å². The number of hydrogen-bond donors (Lipinski definition) is 2. The molecule has 4 aromatic rings. The van der Waals surface area contributed by atoms with Gasteiger partial charge in [-0.2, -0.15) is 0 Å². The van der Waals surface area contributed by atoms with Crippen LogP contribution < -0.4 is 20.1 Å². The summed E-state index contributed by atoms with van der Waals surface area (Å²) in [5.41, 5.74) is 0.396. The zero-order valence-electron chi connectivity index (χ0n) is 17.6. The van der Waals surface area contributed by atoms with Crippen LogP contribution in [-0.4, -0.2) is 30.1 Å². The lowest BCUT2D eigenvalue weighted by Gasteiger charge is -2.17. The number of nitrogens with zero attached hydrogens (tertiary/aromatic N) is 2. The minimum absolute atomic E-state index is 0.114. The number of nitrogens with one attached hydrogen (secondary N) is 2. The summed E-state index contributed by atoms with van der Waals surface area (Å²) < 4.78 is 53.2. The minimum atomic E-state index is -1.61. The summed E-state index contributed by atoms with van der Waals surface area (Å²) in [5.74, 6) is -4.05. The topological polar surface area (TPSA) is 85.4 Å². The predicted octanol–water partition coefficient (Wildman–Crippen LogP) is 7.14. The van der Waals surface area contributed by atoms with Gasteiger partial charge in [-0.1, -0.05) is 11.6 Å². The van der Waals surface area contributed by atoms with Gasteiger partial charge in [0.05, 0.1) is 44.9 Å². The highest BCUT2D eigenvalue weighted by atomic mass is 127. The summed E-state index contributed by atoms with van der Waals surface area (Å²) >= 11 is 12.9. The first-order valence-electron chi connectivity index (χ1n) is 9.42. The SMILES string of the molecule is COc1c(Cl)c(NC(=O)c2csc3c(Nc4ccc(F)c(F)c4F)ncnc23)c(I)c(OC)c1Br. The van der Waals surface area contributed by atoms with Crippen molar-refractivity contribution in [2.24, 2.45) is 0 Å². The number of rotatable bonds is 6. The smallest absolute Gasteiger partial charge is 0.258 e. The van der Waals surface area contributed by atoms with Crippen LogP contribution in [0.25, 0.3) is 10.2 Å². The Morgan fingerprint density at radius 2 is 1.86 bits per heavy atom. The van der Waals surface area contributed by atoms with Crippen LogP contribution in [0, 0.1) is 21.0 Å². The van der Waals surface area contributed by atoms with Gasteiger partial charge >= 0.3 is 0 Å². The number of aromatic nitrogens is 2. The van der Waals surface area contributed by atoms with Crippen LogP contribution in [0.5, 0.6) is 11.5 Å². The molecule has 7 nitrogen and oxygen atoms in total. The molecule has 0 aliphatic carbocycles. The highest BCUT2D eigenvalue weighted by Gasteiger charge is 2.25. The molecule has 0 aliphatic rings. The number of hydrogen-bond acceptors (Lipinski definition) is 7. The highest BCUT2D eigenvalue weighted by molar-refractivity contribution is 14.1. The molecule has 2 aromatic carbocycles. The fourth-order valence-electron chi connectivity index (χ4n) is 3.12. The van der Waals surface area contributed by atoms with Crippen LogP contribution in [0.3, 0.4) is 0 Å². The molecule has 0 saturated heterocycles. The van der Waals surface area contributed by atoms with E-state index in [1.165, 1.54) is 19.6 Å². The van der Waals surface area contributed by atoms with Crippen LogP contribution in [0.4, 0.5) is 30.4 Å². The van der Waals surface area contributed by atoms with Gasteiger partial charge in [-0.25, -0.2) is 23.1 Å². The Morgan fingerprint density at radius 3 is 2.54 bits per heavy atom. The second kappa shape index (κ2) is 10.3. The monoisotopic (exact) mass is 698 g/mol. The number of anilines is 3. The lowest BCUT2D eigenvalue weighted by Crippen LogP contribution is -2.14. The van der Waals surface area contributed by atoms with Crippen molar-refractivity contribution in [1.29, 1.82) is 0 Å². The van der Waals surface area contributed by atoms with E-state index in [4.69, 9.17) is 21.1 Å². The average Bonchev–Trinajstić information content (AvgIpc) is 3.28. The van der Waals surface area contributed by atoms with Crippen molar-refractivity contribution in [3.63, 3.8) is 0 Å². The van der Waals surface area contributed by atoms with E-state index in [0.29, 0.717) is 18.5 Å². The summed E-state index contributed by atoms with van der Waals surface area (Å²) in [4.78, 5) is 21.4. The van der Waals surface area contributed by atoms with E-state index >= 15 is 0 Å². The van der Waals surface area contributed by atoms with Crippen molar-refractivity contribution in [2.75, 3.05) is 24.9 Å². The Bertz CT molecular complexity index is 1460. The summed E-state index contributed by atoms with van der Waals surface area (Å²) in [6, 6.07) is 1.83. The van der Waals surface area contributed by atoms with Gasteiger partial charge in [0, 0.05) is 5.38 Å². The third kappa shape index (κ3) is 4.61. The lowest BCUT2D eigenvalue weighted by molar-refractivity contribution is 0.102. The summed E-state index contributed by atoms with van der Waals surface area (Å²) in [7, 11) is 2.90. The van der Waals surface area contributed by atoms with Crippen molar-refractivity contribution < 1.29 is 27.4 Å². The Kier molecular flexibility index (Phi) is 7.59. The third-order valence-electron chi connectivity index (χ3n) is 4.77. The third-order valence-corrected chi connectivity index (χ3v) is 7.86. The molecule has 2 N–H and O–H groups in total. The molecule has 0 bridgehead atoms. The predicted molar refractivity (Wildman–Crippen MR) is 140 cm³/mol. The number of benzene rings is 2. The Balaban J connectivity index is 1.72. The van der Waals surface area contributed by atoms with Crippen molar-refractivity contribution >= 4 is 94.8 Å². The molecule has 182 valence electrons. The first-order valence-corrected chi connectivity index (χ1v) is 12.5. The Labute approximate surface area is 227 Å². The van der Waals surface area contributed by atoms with Gasteiger partial charge in [-0.3, -0.25) is 4.79 Å². The molecule has 14 heteroatoms. The molecule has 0 fully saturated rings. The number of methoxy groups -OCH3 is 2. The quantitative estimate of drug-likeness (QED) is 0.165. The van der Waals surface area contributed by atoms with Crippen molar-refractivity contribution in [1.82, 2.24) is 9.97 Å². The Morgan fingerprint density at radius 1 is 1.14 bits per heavy atom. The molecule has 1 amide bonds. The number of amides is 1. The molecule has 2 heterocycles. The largest absolute Gasteiger partial charge is 0.494 e. The van der Waals surface area contributed by atoms with E-state index in [2.05, 4.69) is 36.5 Å². The van der Waals surface area contributed by atoms with E-state index in [-0.39, 0.29) is 39.0 Å². The second-order valence-electron chi connectivity index (χ2n) is 6.73. The molecule has 0 saturated carbocycles. The van der Waals surface area contributed by atoms with Crippen LogP contribution >= 0.6 is 61.5 Å². The normalized spacial score (nSPS) is 11.0. The maximum absolute atomic E-state index is 14.1.